The minimum atomic E-state index is -0.891. The van der Waals surface area contributed by atoms with E-state index in [0.29, 0.717) is 0 Å². The first-order valence-corrected chi connectivity index (χ1v) is 19.3. The van der Waals surface area contributed by atoms with E-state index in [0.717, 1.165) is 25.7 Å². The molecule has 0 aromatic carbocycles. The molecule has 0 heterocycles. The fourth-order valence-electron chi connectivity index (χ4n) is 6.03. The molecule has 4 heteroatoms. The average Bonchev–Trinajstić information content (AvgIpc) is 3.02. The van der Waals surface area contributed by atoms with Crippen molar-refractivity contribution in [1.82, 2.24) is 4.90 Å². The average molecular weight is 618 g/mol. The lowest BCUT2D eigenvalue weighted by Crippen LogP contribution is -2.37. The standard InChI is InChI=1S/C40H75NO3/c1-4-6-8-10-12-14-16-18-20-22-24-26-28-30-32-34-38(41(3)39(42)36-37-40(43)44)35-33-31-29-27-25-23-21-19-17-15-13-11-9-7-5-2/h18-21,38H,4-17,22-37H2,1-3H3,(H,43,44)/b20-18-,21-19-. The molecule has 1 amide bonds. The van der Waals surface area contributed by atoms with Crippen molar-refractivity contribution in [2.45, 2.75) is 213 Å². The number of carbonyl (C=O) groups excluding carboxylic acids is 1. The largest absolute Gasteiger partial charge is 0.481 e. The number of nitrogens with zero attached hydrogens (tertiary/aromatic N) is 1. The van der Waals surface area contributed by atoms with E-state index in [1.54, 1.807) is 0 Å². The second-order valence-corrected chi connectivity index (χ2v) is 13.3. The molecule has 1 N–H and O–H groups in total. The Labute approximate surface area is 274 Å². The maximum absolute atomic E-state index is 12.7. The SMILES string of the molecule is CCCCCCCC/C=C\CCCCCCCC(CCCCCCC/C=C\CCCCCCCC)N(C)C(=O)CCC(=O)O. The van der Waals surface area contributed by atoms with Crippen molar-refractivity contribution in [2.75, 3.05) is 7.05 Å². The summed E-state index contributed by atoms with van der Waals surface area (Å²) in [6.07, 6.45) is 45.4. The van der Waals surface area contributed by atoms with Crippen molar-refractivity contribution in [3.8, 4) is 0 Å². The Bertz CT molecular complexity index is 646. The summed E-state index contributed by atoms with van der Waals surface area (Å²) < 4.78 is 0. The molecule has 0 aliphatic carbocycles. The number of allylic oxidation sites excluding steroid dienone is 4. The maximum Gasteiger partial charge on any atom is 0.303 e. The van der Waals surface area contributed by atoms with Gasteiger partial charge in [0.1, 0.15) is 0 Å². The number of rotatable bonds is 34. The lowest BCUT2D eigenvalue weighted by molar-refractivity contribution is -0.141. The summed E-state index contributed by atoms with van der Waals surface area (Å²) >= 11 is 0. The fraction of sp³-hybridized carbons (Fsp3) is 0.850. The number of hydrogen-bond acceptors (Lipinski definition) is 2. The van der Waals surface area contributed by atoms with Gasteiger partial charge >= 0.3 is 5.97 Å². The first-order chi connectivity index (χ1) is 21.5. The van der Waals surface area contributed by atoms with Crippen LogP contribution in [-0.2, 0) is 9.59 Å². The Hall–Kier alpha value is -1.58. The van der Waals surface area contributed by atoms with Crippen LogP contribution in [0.1, 0.15) is 206 Å². The molecule has 0 saturated heterocycles. The second-order valence-electron chi connectivity index (χ2n) is 13.3. The highest BCUT2D eigenvalue weighted by atomic mass is 16.4. The van der Waals surface area contributed by atoms with Crippen LogP contribution in [0.25, 0.3) is 0 Å². The first-order valence-electron chi connectivity index (χ1n) is 19.3. The second kappa shape index (κ2) is 34.3. The van der Waals surface area contributed by atoms with Gasteiger partial charge in [0.05, 0.1) is 6.42 Å². The molecular formula is C40H75NO3. The van der Waals surface area contributed by atoms with Crippen molar-refractivity contribution in [2.24, 2.45) is 0 Å². The molecule has 0 atom stereocenters. The summed E-state index contributed by atoms with van der Waals surface area (Å²) in [5.41, 5.74) is 0. The van der Waals surface area contributed by atoms with Crippen molar-refractivity contribution >= 4 is 11.9 Å². The number of carbonyl (C=O) groups is 2. The van der Waals surface area contributed by atoms with E-state index in [1.807, 2.05) is 11.9 Å². The topological polar surface area (TPSA) is 57.6 Å². The predicted octanol–water partition coefficient (Wildman–Crippen LogP) is 12.8. The Morgan fingerprint density at radius 2 is 0.818 bits per heavy atom. The van der Waals surface area contributed by atoms with Crippen molar-refractivity contribution in [3.63, 3.8) is 0 Å². The number of carboxylic acid groups (broad SMARTS) is 1. The number of hydrogen-bond donors (Lipinski definition) is 1. The monoisotopic (exact) mass is 618 g/mol. The molecule has 44 heavy (non-hydrogen) atoms. The number of carboxylic acids is 1. The minimum Gasteiger partial charge on any atom is -0.481 e. The number of amides is 1. The van der Waals surface area contributed by atoms with Crippen LogP contribution in [0.3, 0.4) is 0 Å². The molecule has 0 rings (SSSR count). The summed E-state index contributed by atoms with van der Waals surface area (Å²) in [5.74, 6) is -0.907. The van der Waals surface area contributed by atoms with E-state index < -0.39 is 5.97 Å². The van der Waals surface area contributed by atoms with E-state index in [9.17, 15) is 9.59 Å². The van der Waals surface area contributed by atoms with Gasteiger partial charge in [-0.05, 0) is 64.2 Å². The molecule has 0 unspecified atom stereocenters. The molecule has 258 valence electrons. The van der Waals surface area contributed by atoms with E-state index in [1.165, 1.54) is 154 Å². The molecule has 0 fully saturated rings. The third-order valence-electron chi connectivity index (χ3n) is 9.09. The fourth-order valence-corrected chi connectivity index (χ4v) is 6.03. The summed E-state index contributed by atoms with van der Waals surface area (Å²) in [5, 5.41) is 9.01. The molecule has 0 aliphatic heterocycles. The summed E-state index contributed by atoms with van der Waals surface area (Å²) in [7, 11) is 1.89. The van der Waals surface area contributed by atoms with Gasteiger partial charge in [0.15, 0.2) is 0 Å². The Morgan fingerprint density at radius 1 is 0.500 bits per heavy atom. The van der Waals surface area contributed by atoms with Gasteiger partial charge in [0.2, 0.25) is 5.91 Å². The third-order valence-corrected chi connectivity index (χ3v) is 9.09. The van der Waals surface area contributed by atoms with Gasteiger partial charge in [-0.2, -0.15) is 0 Å². The van der Waals surface area contributed by atoms with E-state index >= 15 is 0 Å². The lowest BCUT2D eigenvalue weighted by Gasteiger charge is -2.28. The number of unbranched alkanes of at least 4 members (excludes halogenated alkanes) is 22. The summed E-state index contributed by atoms with van der Waals surface area (Å²) in [6.45, 7) is 4.55. The van der Waals surface area contributed by atoms with Gasteiger partial charge in [-0.1, -0.05) is 154 Å². The van der Waals surface area contributed by atoms with Gasteiger partial charge < -0.3 is 10.0 Å². The zero-order chi connectivity index (χ0) is 32.4. The Kier molecular flexibility index (Phi) is 33.1. The smallest absolute Gasteiger partial charge is 0.303 e. The van der Waals surface area contributed by atoms with Crippen LogP contribution in [0.5, 0.6) is 0 Å². The van der Waals surface area contributed by atoms with E-state index in [2.05, 4.69) is 38.2 Å². The first kappa shape index (κ1) is 42.4. The van der Waals surface area contributed by atoms with Crippen LogP contribution in [0.2, 0.25) is 0 Å². The van der Waals surface area contributed by atoms with Gasteiger partial charge in [0, 0.05) is 19.5 Å². The molecule has 4 nitrogen and oxygen atoms in total. The molecule has 0 bridgehead atoms. The van der Waals surface area contributed by atoms with E-state index in [4.69, 9.17) is 5.11 Å². The quantitative estimate of drug-likeness (QED) is 0.0577. The predicted molar refractivity (Wildman–Crippen MR) is 192 cm³/mol. The molecular weight excluding hydrogens is 542 g/mol. The van der Waals surface area contributed by atoms with Crippen molar-refractivity contribution in [1.29, 1.82) is 0 Å². The summed E-state index contributed by atoms with van der Waals surface area (Å²) in [6, 6.07) is 0.242. The van der Waals surface area contributed by atoms with Crippen LogP contribution in [0.4, 0.5) is 0 Å². The van der Waals surface area contributed by atoms with Crippen LogP contribution in [0.15, 0.2) is 24.3 Å². The number of aliphatic carboxylic acids is 1. The lowest BCUT2D eigenvalue weighted by atomic mass is 9.98. The highest BCUT2D eigenvalue weighted by molar-refractivity contribution is 5.80. The zero-order valence-electron chi connectivity index (χ0n) is 29.8. The van der Waals surface area contributed by atoms with Gasteiger partial charge in [-0.25, -0.2) is 0 Å². The molecule has 0 radical (unpaired) electrons. The minimum absolute atomic E-state index is 0.0158. The van der Waals surface area contributed by atoms with Crippen molar-refractivity contribution in [3.05, 3.63) is 24.3 Å². The van der Waals surface area contributed by atoms with Gasteiger partial charge in [-0.3, -0.25) is 9.59 Å². The van der Waals surface area contributed by atoms with Crippen LogP contribution < -0.4 is 0 Å². The molecule has 0 aromatic rings. The van der Waals surface area contributed by atoms with Crippen LogP contribution in [0, 0.1) is 0 Å². The van der Waals surface area contributed by atoms with Gasteiger partial charge in [0.25, 0.3) is 0 Å². The molecule has 0 aliphatic rings. The van der Waals surface area contributed by atoms with Crippen molar-refractivity contribution < 1.29 is 14.7 Å². The third kappa shape index (κ3) is 30.4. The van der Waals surface area contributed by atoms with Gasteiger partial charge in [-0.15, -0.1) is 0 Å². The van der Waals surface area contributed by atoms with E-state index in [-0.39, 0.29) is 24.8 Å². The highest BCUT2D eigenvalue weighted by Crippen LogP contribution is 2.19. The zero-order valence-corrected chi connectivity index (χ0v) is 29.8. The molecule has 0 saturated carbocycles. The Balaban J connectivity index is 4.07. The Morgan fingerprint density at radius 3 is 1.16 bits per heavy atom. The maximum atomic E-state index is 12.7. The molecule has 0 aromatic heterocycles. The highest BCUT2D eigenvalue weighted by Gasteiger charge is 2.20. The normalized spacial score (nSPS) is 11.8. The summed E-state index contributed by atoms with van der Waals surface area (Å²) in [4.78, 5) is 25.5. The molecule has 0 spiro atoms. The van der Waals surface area contributed by atoms with Crippen LogP contribution >= 0.6 is 0 Å². The van der Waals surface area contributed by atoms with Crippen LogP contribution in [-0.4, -0.2) is 35.0 Å².